The van der Waals surface area contributed by atoms with Gasteiger partial charge >= 0.3 is 11.9 Å². The van der Waals surface area contributed by atoms with Gasteiger partial charge in [0.25, 0.3) is 5.69 Å². The molecular formula is C28H31N3O8. The summed E-state index contributed by atoms with van der Waals surface area (Å²) in [5.74, 6) is -3.23. The largest absolute Gasteiger partial charge is 0.490 e. The Kier molecular flexibility index (Phi) is 9.53. The predicted molar refractivity (Wildman–Crippen MR) is 144 cm³/mol. The number of nitro groups is 1. The van der Waals surface area contributed by atoms with Crippen LogP contribution in [0.2, 0.25) is 0 Å². The number of anilines is 1. The molecule has 3 rings (SSSR count). The van der Waals surface area contributed by atoms with Crippen molar-refractivity contribution in [2.24, 2.45) is 10.9 Å². The van der Waals surface area contributed by atoms with Crippen LogP contribution in [0.1, 0.15) is 46.1 Å². The average Bonchev–Trinajstić information content (AvgIpc) is 2.86. The number of ether oxygens (including phenoxy) is 3. The molecule has 1 aliphatic heterocycles. The zero-order valence-corrected chi connectivity index (χ0v) is 22.4. The van der Waals surface area contributed by atoms with Crippen molar-refractivity contribution in [3.8, 4) is 5.75 Å². The number of allylic oxidation sites excluding steroid dienone is 1. The molecule has 1 N–H and O–H groups in total. The Bertz CT molecular complexity index is 1310. The lowest BCUT2D eigenvalue weighted by molar-refractivity contribution is -0.385. The van der Waals surface area contributed by atoms with Gasteiger partial charge in [-0.05, 0) is 52.0 Å². The molecule has 0 saturated heterocycles. The number of aliphatic imine (C=N–C) groups is 1. The maximum Gasteiger partial charge on any atom is 0.336 e. The van der Waals surface area contributed by atoms with Crippen LogP contribution in [0.5, 0.6) is 5.75 Å². The van der Waals surface area contributed by atoms with E-state index in [-0.39, 0.29) is 35.9 Å². The molecule has 0 bridgehead atoms. The van der Waals surface area contributed by atoms with E-state index >= 15 is 0 Å². The number of hydrogen-bond donors (Lipinski definition) is 1. The van der Waals surface area contributed by atoms with Crippen molar-refractivity contribution in [2.45, 2.75) is 46.6 Å². The molecule has 0 saturated carbocycles. The van der Waals surface area contributed by atoms with Crippen LogP contribution < -0.4 is 10.1 Å². The topological polar surface area (TPSA) is 146 Å². The lowest BCUT2D eigenvalue weighted by atomic mass is 9.75. The molecular weight excluding hydrogens is 506 g/mol. The van der Waals surface area contributed by atoms with E-state index in [1.807, 2.05) is 0 Å². The molecule has 0 fully saturated rings. The number of benzene rings is 2. The number of para-hydroxylation sites is 1. The Hall–Kier alpha value is -4.54. The first-order chi connectivity index (χ1) is 18.5. The van der Waals surface area contributed by atoms with E-state index in [1.54, 1.807) is 58.0 Å². The number of carbonyl (C=O) groups is 3. The van der Waals surface area contributed by atoms with Gasteiger partial charge < -0.3 is 19.5 Å². The molecule has 1 aliphatic rings. The summed E-state index contributed by atoms with van der Waals surface area (Å²) in [7, 11) is 0. The normalized spacial score (nSPS) is 16.8. The van der Waals surface area contributed by atoms with Gasteiger partial charge in [-0.2, -0.15) is 0 Å². The van der Waals surface area contributed by atoms with Crippen LogP contribution in [-0.4, -0.2) is 47.8 Å². The first-order valence-electron chi connectivity index (χ1n) is 12.4. The van der Waals surface area contributed by atoms with E-state index < -0.39 is 34.8 Å². The molecule has 0 aliphatic carbocycles. The highest BCUT2D eigenvalue weighted by Crippen LogP contribution is 2.43. The Morgan fingerprint density at radius 1 is 1.05 bits per heavy atom. The maximum atomic E-state index is 13.4. The van der Waals surface area contributed by atoms with Crippen molar-refractivity contribution in [2.75, 3.05) is 18.5 Å². The summed E-state index contributed by atoms with van der Waals surface area (Å²) >= 11 is 0. The van der Waals surface area contributed by atoms with E-state index in [4.69, 9.17) is 14.2 Å². The maximum absolute atomic E-state index is 13.4. The van der Waals surface area contributed by atoms with Crippen LogP contribution in [0.4, 0.5) is 11.4 Å². The molecule has 0 aromatic heterocycles. The fourth-order valence-electron chi connectivity index (χ4n) is 4.37. The summed E-state index contributed by atoms with van der Waals surface area (Å²) in [6.07, 6.45) is -0.453. The van der Waals surface area contributed by atoms with Gasteiger partial charge in [0.15, 0.2) is 0 Å². The van der Waals surface area contributed by atoms with Crippen LogP contribution in [0.3, 0.4) is 0 Å². The highest BCUT2D eigenvalue weighted by Gasteiger charge is 2.45. The van der Waals surface area contributed by atoms with Crippen molar-refractivity contribution < 1.29 is 33.5 Å². The molecule has 206 valence electrons. The third kappa shape index (κ3) is 7.28. The van der Waals surface area contributed by atoms with Gasteiger partial charge in [-0.25, -0.2) is 4.79 Å². The number of nitrogens with one attached hydrogen (secondary N) is 1. The van der Waals surface area contributed by atoms with E-state index in [9.17, 15) is 24.5 Å². The number of carbonyl (C=O) groups excluding carboxylic acids is 3. The van der Waals surface area contributed by atoms with E-state index in [0.717, 1.165) is 0 Å². The minimum atomic E-state index is -1.10. The zero-order chi connectivity index (χ0) is 28.7. The number of rotatable bonds is 10. The van der Waals surface area contributed by atoms with Crippen LogP contribution in [0.15, 0.2) is 64.8 Å². The Morgan fingerprint density at radius 2 is 1.72 bits per heavy atom. The van der Waals surface area contributed by atoms with Crippen molar-refractivity contribution in [3.63, 3.8) is 0 Å². The quantitative estimate of drug-likeness (QED) is 0.201. The van der Waals surface area contributed by atoms with E-state index in [2.05, 4.69) is 10.3 Å². The van der Waals surface area contributed by atoms with Gasteiger partial charge in [0.05, 0.1) is 16.6 Å². The number of nitrogens with zero attached hydrogens (tertiary/aromatic N) is 2. The van der Waals surface area contributed by atoms with E-state index in [1.165, 1.54) is 25.1 Å². The molecule has 1 heterocycles. The number of nitro benzene ring substituents is 1. The average molecular weight is 538 g/mol. The lowest BCUT2D eigenvalue weighted by Gasteiger charge is -2.31. The minimum absolute atomic E-state index is 0.0292. The van der Waals surface area contributed by atoms with Crippen LogP contribution in [-0.2, 0) is 23.9 Å². The molecule has 0 spiro atoms. The van der Waals surface area contributed by atoms with Crippen molar-refractivity contribution >= 4 is 34.9 Å². The third-order valence-electron chi connectivity index (χ3n) is 5.88. The van der Waals surface area contributed by atoms with Gasteiger partial charge in [-0.3, -0.25) is 24.7 Å². The molecule has 39 heavy (non-hydrogen) atoms. The van der Waals surface area contributed by atoms with Crippen LogP contribution in [0.25, 0.3) is 0 Å². The summed E-state index contributed by atoms with van der Waals surface area (Å²) in [5.41, 5.74) is 1.31. The molecule has 2 aromatic carbocycles. The van der Waals surface area contributed by atoms with Gasteiger partial charge in [0.1, 0.15) is 24.9 Å². The zero-order valence-electron chi connectivity index (χ0n) is 22.4. The predicted octanol–water partition coefficient (Wildman–Crippen LogP) is 4.58. The summed E-state index contributed by atoms with van der Waals surface area (Å²) in [5, 5.41) is 14.5. The molecule has 1 unspecified atom stereocenters. The van der Waals surface area contributed by atoms with E-state index in [0.29, 0.717) is 22.8 Å². The van der Waals surface area contributed by atoms with Gasteiger partial charge in [-0.1, -0.05) is 18.2 Å². The number of amides is 1. The molecule has 1 amide bonds. The summed E-state index contributed by atoms with van der Waals surface area (Å²) in [6.45, 7) is 7.92. The van der Waals surface area contributed by atoms with Gasteiger partial charge in [0.2, 0.25) is 5.91 Å². The first-order valence-corrected chi connectivity index (χ1v) is 12.4. The molecule has 2 aromatic rings. The summed E-state index contributed by atoms with van der Waals surface area (Å²) in [4.78, 5) is 53.4. The monoisotopic (exact) mass is 537 g/mol. The van der Waals surface area contributed by atoms with Crippen molar-refractivity contribution in [3.05, 3.63) is 75.5 Å². The van der Waals surface area contributed by atoms with Crippen LogP contribution >= 0.6 is 0 Å². The SMILES string of the molecule is CC(=O)Nc1ccc(OCCOC(=O)C2C(C)=NC(C)=C(C(=O)OC(C)C)[C@@H]2c2ccccc2[N+](=O)[O-])cc1. The Balaban J connectivity index is 1.83. The fourth-order valence-corrected chi connectivity index (χ4v) is 4.37. The highest BCUT2D eigenvalue weighted by atomic mass is 16.6. The van der Waals surface area contributed by atoms with Gasteiger partial charge in [0, 0.05) is 41.6 Å². The second-order valence-electron chi connectivity index (χ2n) is 9.20. The second-order valence-corrected chi connectivity index (χ2v) is 9.20. The highest BCUT2D eigenvalue weighted by molar-refractivity contribution is 6.07. The second kappa shape index (κ2) is 12.8. The molecule has 11 heteroatoms. The van der Waals surface area contributed by atoms with Crippen LogP contribution in [0, 0.1) is 16.0 Å². The smallest absolute Gasteiger partial charge is 0.336 e. The van der Waals surface area contributed by atoms with Crippen molar-refractivity contribution in [1.82, 2.24) is 0 Å². The summed E-state index contributed by atoms with van der Waals surface area (Å²) < 4.78 is 16.5. The van der Waals surface area contributed by atoms with Gasteiger partial charge in [-0.15, -0.1) is 0 Å². The number of hydrogen-bond acceptors (Lipinski definition) is 9. The Labute approximate surface area is 226 Å². The molecule has 2 atom stereocenters. The fraction of sp³-hybridized carbons (Fsp3) is 0.357. The lowest BCUT2D eigenvalue weighted by Crippen LogP contribution is -2.37. The number of esters is 2. The molecule has 11 nitrogen and oxygen atoms in total. The first kappa shape index (κ1) is 29.0. The van der Waals surface area contributed by atoms with Crippen molar-refractivity contribution in [1.29, 1.82) is 0 Å². The minimum Gasteiger partial charge on any atom is -0.490 e. The standard InChI is InChI=1S/C28H31N3O8/c1-16(2)39-28(34)25-18(4)29-17(3)24(26(25)22-8-6-7-9-23(22)31(35)36)27(33)38-15-14-37-21-12-10-20(11-13-21)30-19(5)32/h6-13,16,24,26H,14-15H2,1-5H3,(H,30,32)/t24?,26-/m1/s1. The summed E-state index contributed by atoms with van der Waals surface area (Å²) in [6, 6.07) is 12.6. The molecule has 0 radical (unpaired) electrons. The third-order valence-corrected chi connectivity index (χ3v) is 5.88. The Morgan fingerprint density at radius 3 is 2.33 bits per heavy atom.